The van der Waals surface area contributed by atoms with E-state index in [-0.39, 0.29) is 0 Å². The van der Waals surface area contributed by atoms with Gasteiger partial charge in [0.2, 0.25) is 0 Å². The van der Waals surface area contributed by atoms with Crippen LogP contribution in [-0.2, 0) is 4.74 Å². The van der Waals surface area contributed by atoms with Crippen LogP contribution in [0.25, 0.3) is 11.0 Å². The van der Waals surface area contributed by atoms with Gasteiger partial charge < -0.3 is 10.6 Å². The summed E-state index contributed by atoms with van der Waals surface area (Å²) in [6.07, 6.45) is 1.65. The number of pyridine rings is 1. The number of carbonyl (C=O) groups excluding carboxylic acids is 1. The molecule has 2 aromatic heterocycles. The SMILES string of the molecule is CCOC(=O)c1cc2ncccc2n1N. The molecule has 0 spiro atoms. The molecule has 0 amide bonds. The zero-order valence-electron chi connectivity index (χ0n) is 8.30. The summed E-state index contributed by atoms with van der Waals surface area (Å²) in [5.74, 6) is 5.31. The van der Waals surface area contributed by atoms with Gasteiger partial charge in [-0.25, -0.2) is 4.79 Å². The molecule has 5 heteroatoms. The van der Waals surface area contributed by atoms with Crippen molar-refractivity contribution in [1.82, 2.24) is 9.66 Å². The zero-order chi connectivity index (χ0) is 10.8. The van der Waals surface area contributed by atoms with E-state index < -0.39 is 5.97 Å². The summed E-state index contributed by atoms with van der Waals surface area (Å²) >= 11 is 0. The largest absolute Gasteiger partial charge is 0.461 e. The first kappa shape index (κ1) is 9.51. The second-order valence-electron chi connectivity index (χ2n) is 3.03. The molecule has 0 radical (unpaired) electrons. The number of nitrogens with two attached hydrogens (primary N) is 1. The Morgan fingerprint density at radius 2 is 2.47 bits per heavy atom. The third-order valence-corrected chi connectivity index (χ3v) is 2.09. The van der Waals surface area contributed by atoms with Gasteiger partial charge in [-0.1, -0.05) is 0 Å². The Morgan fingerprint density at radius 3 is 3.13 bits per heavy atom. The lowest BCUT2D eigenvalue weighted by atomic mass is 10.4. The Hall–Kier alpha value is -2.04. The van der Waals surface area contributed by atoms with Gasteiger partial charge in [0, 0.05) is 6.20 Å². The normalized spacial score (nSPS) is 10.5. The predicted octanol–water partition coefficient (Wildman–Crippen LogP) is 0.927. The highest BCUT2D eigenvalue weighted by molar-refractivity contribution is 5.94. The molecule has 0 aromatic carbocycles. The molecule has 0 fully saturated rings. The molecule has 0 unspecified atom stereocenters. The summed E-state index contributed by atoms with van der Waals surface area (Å²) in [4.78, 5) is 15.6. The van der Waals surface area contributed by atoms with E-state index in [0.29, 0.717) is 23.3 Å². The first-order valence-corrected chi connectivity index (χ1v) is 4.62. The second-order valence-corrected chi connectivity index (χ2v) is 3.03. The lowest BCUT2D eigenvalue weighted by molar-refractivity contribution is 0.0516. The quantitative estimate of drug-likeness (QED) is 0.584. The molecule has 0 atom stereocenters. The van der Waals surface area contributed by atoms with Crippen LogP contribution in [0, 0.1) is 0 Å². The Bertz CT molecular complexity index is 504. The monoisotopic (exact) mass is 205 g/mol. The number of aromatic nitrogens is 2. The molecule has 0 saturated heterocycles. The van der Waals surface area contributed by atoms with Crippen LogP contribution in [0.3, 0.4) is 0 Å². The summed E-state index contributed by atoms with van der Waals surface area (Å²) in [5, 5.41) is 0. The van der Waals surface area contributed by atoms with Crippen LogP contribution in [0.5, 0.6) is 0 Å². The van der Waals surface area contributed by atoms with Crippen LogP contribution in [-0.4, -0.2) is 22.2 Å². The molecule has 0 aliphatic rings. The van der Waals surface area contributed by atoms with Gasteiger partial charge in [-0.15, -0.1) is 0 Å². The van der Waals surface area contributed by atoms with Gasteiger partial charge in [0.1, 0.15) is 5.69 Å². The van der Waals surface area contributed by atoms with E-state index in [2.05, 4.69) is 4.98 Å². The molecule has 2 N–H and O–H groups in total. The number of fused-ring (bicyclic) bond motifs is 1. The smallest absolute Gasteiger partial charge is 0.356 e. The van der Waals surface area contributed by atoms with E-state index in [1.165, 1.54) is 4.68 Å². The van der Waals surface area contributed by atoms with Gasteiger partial charge in [0.25, 0.3) is 0 Å². The lowest BCUT2D eigenvalue weighted by Gasteiger charge is -2.02. The van der Waals surface area contributed by atoms with Crippen molar-refractivity contribution in [2.24, 2.45) is 0 Å². The summed E-state index contributed by atoms with van der Waals surface area (Å²) in [6.45, 7) is 2.08. The number of nitrogens with zero attached hydrogens (tertiary/aromatic N) is 2. The van der Waals surface area contributed by atoms with Crippen LogP contribution < -0.4 is 5.84 Å². The molecule has 2 heterocycles. The first-order valence-electron chi connectivity index (χ1n) is 4.62. The minimum Gasteiger partial charge on any atom is -0.461 e. The van der Waals surface area contributed by atoms with E-state index >= 15 is 0 Å². The predicted molar refractivity (Wildman–Crippen MR) is 55.8 cm³/mol. The number of nitrogen functional groups attached to an aromatic ring is 1. The maximum absolute atomic E-state index is 11.5. The van der Waals surface area contributed by atoms with Crippen LogP contribution in [0.15, 0.2) is 24.4 Å². The molecule has 0 aliphatic carbocycles. The molecule has 15 heavy (non-hydrogen) atoms. The summed E-state index contributed by atoms with van der Waals surface area (Å²) in [7, 11) is 0. The van der Waals surface area contributed by atoms with Gasteiger partial charge in [0.15, 0.2) is 0 Å². The Labute approximate surface area is 86.4 Å². The summed E-state index contributed by atoms with van der Waals surface area (Å²) < 4.78 is 6.16. The summed E-state index contributed by atoms with van der Waals surface area (Å²) in [5.41, 5.74) is 1.70. The molecule has 0 aliphatic heterocycles. The van der Waals surface area contributed by atoms with E-state index in [1.54, 1.807) is 31.3 Å². The third kappa shape index (κ3) is 1.52. The van der Waals surface area contributed by atoms with Crippen molar-refractivity contribution < 1.29 is 9.53 Å². The van der Waals surface area contributed by atoms with E-state index in [9.17, 15) is 4.79 Å². The van der Waals surface area contributed by atoms with Crippen molar-refractivity contribution in [2.45, 2.75) is 6.92 Å². The number of esters is 1. The van der Waals surface area contributed by atoms with E-state index in [1.807, 2.05) is 0 Å². The van der Waals surface area contributed by atoms with Crippen LogP contribution in [0.4, 0.5) is 0 Å². The molecule has 78 valence electrons. The van der Waals surface area contributed by atoms with Crippen molar-refractivity contribution in [3.63, 3.8) is 0 Å². The highest BCUT2D eigenvalue weighted by Gasteiger charge is 2.14. The van der Waals surface area contributed by atoms with Crippen molar-refractivity contribution in [1.29, 1.82) is 0 Å². The molecule has 0 bridgehead atoms. The zero-order valence-corrected chi connectivity index (χ0v) is 8.30. The maximum Gasteiger partial charge on any atom is 0.356 e. The second kappa shape index (κ2) is 3.61. The molecule has 0 saturated carbocycles. The summed E-state index contributed by atoms with van der Waals surface area (Å²) in [6, 6.07) is 5.18. The average molecular weight is 205 g/mol. The number of carbonyl (C=O) groups is 1. The standard InChI is InChI=1S/C10H11N3O2/c1-2-15-10(14)9-6-7-8(13(9)11)4-3-5-12-7/h3-6H,2,11H2,1H3. The Morgan fingerprint density at radius 1 is 1.67 bits per heavy atom. The number of rotatable bonds is 2. The Balaban J connectivity index is 2.53. The van der Waals surface area contributed by atoms with E-state index in [4.69, 9.17) is 10.6 Å². The molecule has 2 aromatic rings. The minimum atomic E-state index is -0.432. The Kier molecular flexibility index (Phi) is 2.29. The number of hydrogen-bond acceptors (Lipinski definition) is 4. The maximum atomic E-state index is 11.5. The van der Waals surface area contributed by atoms with Crippen LogP contribution >= 0.6 is 0 Å². The molecular weight excluding hydrogens is 194 g/mol. The number of ether oxygens (including phenoxy) is 1. The molecule has 2 rings (SSSR count). The molecule has 5 nitrogen and oxygen atoms in total. The third-order valence-electron chi connectivity index (χ3n) is 2.09. The van der Waals surface area contributed by atoms with Gasteiger partial charge in [-0.05, 0) is 25.1 Å². The fourth-order valence-electron chi connectivity index (χ4n) is 1.42. The van der Waals surface area contributed by atoms with Gasteiger partial charge in [-0.3, -0.25) is 9.66 Å². The van der Waals surface area contributed by atoms with Crippen molar-refractivity contribution in [3.05, 3.63) is 30.1 Å². The highest BCUT2D eigenvalue weighted by Crippen LogP contribution is 2.15. The number of hydrogen-bond donors (Lipinski definition) is 1. The lowest BCUT2D eigenvalue weighted by Crippen LogP contribution is -2.17. The van der Waals surface area contributed by atoms with Crippen molar-refractivity contribution in [3.8, 4) is 0 Å². The van der Waals surface area contributed by atoms with Gasteiger partial charge in [-0.2, -0.15) is 0 Å². The van der Waals surface area contributed by atoms with Crippen LogP contribution in [0.1, 0.15) is 17.4 Å². The first-order chi connectivity index (χ1) is 7.24. The van der Waals surface area contributed by atoms with Crippen LogP contribution in [0.2, 0.25) is 0 Å². The van der Waals surface area contributed by atoms with Crippen molar-refractivity contribution in [2.75, 3.05) is 12.4 Å². The van der Waals surface area contributed by atoms with Crippen molar-refractivity contribution >= 4 is 17.0 Å². The fraction of sp³-hybridized carbons (Fsp3) is 0.200. The van der Waals surface area contributed by atoms with E-state index in [0.717, 1.165) is 0 Å². The topological polar surface area (TPSA) is 70.1 Å². The fourth-order valence-corrected chi connectivity index (χ4v) is 1.42. The van der Waals surface area contributed by atoms with Gasteiger partial charge in [0.05, 0.1) is 17.6 Å². The molecular formula is C10H11N3O2. The van der Waals surface area contributed by atoms with Gasteiger partial charge >= 0.3 is 5.97 Å². The highest BCUT2D eigenvalue weighted by atomic mass is 16.5. The minimum absolute atomic E-state index is 0.311. The average Bonchev–Trinajstić information content (AvgIpc) is 2.57.